The topological polar surface area (TPSA) is 90.3 Å². The predicted molar refractivity (Wildman–Crippen MR) is 137 cm³/mol. The van der Waals surface area contributed by atoms with E-state index in [4.69, 9.17) is 0 Å². The Labute approximate surface area is 237 Å². The Morgan fingerprint density at radius 1 is 1.10 bits per heavy atom. The summed E-state index contributed by atoms with van der Waals surface area (Å²) in [7, 11) is -3.15. The van der Waals surface area contributed by atoms with Gasteiger partial charge in [0, 0.05) is 30.5 Å². The first-order valence-electron chi connectivity index (χ1n) is 13.1. The summed E-state index contributed by atoms with van der Waals surface area (Å²) >= 11 is 0. The van der Waals surface area contributed by atoms with Crippen molar-refractivity contribution in [1.29, 1.82) is 0 Å². The maximum atomic E-state index is 13.3. The van der Waals surface area contributed by atoms with E-state index in [1.807, 2.05) is 0 Å². The molecule has 0 bridgehead atoms. The number of aryl methyl sites for hydroxylation is 1. The van der Waals surface area contributed by atoms with Gasteiger partial charge >= 0.3 is 19.0 Å². The molecule has 1 fully saturated rings. The molecule has 0 radical (unpaired) electrons. The van der Waals surface area contributed by atoms with E-state index < -0.39 is 63.6 Å². The monoisotopic (exact) mass is 633 g/mol. The molecule has 236 valence electrons. The lowest BCUT2D eigenvalue weighted by Crippen LogP contribution is -2.38. The molecule has 0 saturated heterocycles. The van der Waals surface area contributed by atoms with E-state index in [2.05, 4.69) is 15.2 Å². The number of alkyl halides is 8. The largest absolute Gasteiger partial charge is 0.434 e. The van der Waals surface area contributed by atoms with Gasteiger partial charge in [-0.1, -0.05) is 6.07 Å². The van der Waals surface area contributed by atoms with Crippen molar-refractivity contribution in [2.45, 2.75) is 76.7 Å². The average molecular weight is 634 g/mol. The number of ether oxygens (including phenoxy) is 1. The van der Waals surface area contributed by atoms with Crippen LogP contribution in [-0.2, 0) is 22.8 Å². The SMILES string of the molecule is CCn1nc(C(=O)NC[C@H]2CC[C@H](S(C)(=O)=O)CC2)c(C)c1-c1ccc(CC(C(F)(F)F)C(F)(F)F)cc1OC(F)F. The lowest BCUT2D eigenvalue weighted by Gasteiger charge is -2.27. The van der Waals surface area contributed by atoms with Crippen LogP contribution >= 0.6 is 0 Å². The summed E-state index contributed by atoms with van der Waals surface area (Å²) in [6.45, 7) is 0.0519. The van der Waals surface area contributed by atoms with Crippen LogP contribution in [0, 0.1) is 18.8 Å². The van der Waals surface area contributed by atoms with E-state index in [-0.39, 0.29) is 41.5 Å². The third-order valence-electron chi connectivity index (χ3n) is 7.40. The van der Waals surface area contributed by atoms with E-state index in [9.17, 15) is 48.3 Å². The van der Waals surface area contributed by atoms with Crippen molar-refractivity contribution in [3.05, 3.63) is 35.0 Å². The van der Waals surface area contributed by atoms with Crippen LogP contribution in [0.15, 0.2) is 18.2 Å². The number of amides is 1. The minimum atomic E-state index is -5.62. The first-order chi connectivity index (χ1) is 19.3. The Morgan fingerprint density at radius 3 is 2.19 bits per heavy atom. The highest BCUT2D eigenvalue weighted by Crippen LogP contribution is 2.43. The lowest BCUT2D eigenvalue weighted by atomic mass is 9.89. The lowest BCUT2D eigenvalue weighted by molar-refractivity contribution is -0.283. The fourth-order valence-corrected chi connectivity index (χ4v) is 6.29. The molecule has 16 heteroatoms. The number of benzene rings is 1. The van der Waals surface area contributed by atoms with Gasteiger partial charge in [-0.2, -0.15) is 40.2 Å². The smallest absolute Gasteiger partial charge is 0.400 e. The highest BCUT2D eigenvalue weighted by atomic mass is 32.2. The number of carbonyl (C=O) groups excluding carboxylic acids is 1. The van der Waals surface area contributed by atoms with Crippen LogP contribution in [-0.4, -0.2) is 61.1 Å². The summed E-state index contributed by atoms with van der Waals surface area (Å²) in [5, 5.41) is 6.59. The molecule has 1 aromatic carbocycles. The van der Waals surface area contributed by atoms with Gasteiger partial charge in [-0.15, -0.1) is 0 Å². The van der Waals surface area contributed by atoms with Crippen LogP contribution in [0.5, 0.6) is 5.75 Å². The van der Waals surface area contributed by atoms with Gasteiger partial charge in [0.25, 0.3) is 5.91 Å². The number of rotatable bonds is 10. The first kappa shape index (κ1) is 33.6. The molecule has 1 aromatic heterocycles. The first-order valence-corrected chi connectivity index (χ1v) is 15.0. The van der Waals surface area contributed by atoms with Crippen molar-refractivity contribution >= 4 is 15.7 Å². The standard InChI is InChI=1S/C26H31F8N3O4S/c1-4-37-22(14(2)21(36-37)23(38)35-13-15-5-8-17(9-6-15)42(3,39)40)18-10-7-16(11-19(18)41-24(27)28)12-20(25(29,30)31)26(32,33)34/h7,10-11,15,17,20,24H,4-6,8-9,12-13H2,1-3H3,(H,35,38)/t15-,17-. The van der Waals surface area contributed by atoms with Gasteiger partial charge < -0.3 is 10.1 Å². The number of halogens is 8. The second-order valence-electron chi connectivity index (χ2n) is 10.4. The van der Waals surface area contributed by atoms with Gasteiger partial charge in [-0.05, 0) is 69.6 Å². The van der Waals surface area contributed by atoms with E-state index in [0.717, 1.165) is 12.1 Å². The highest BCUT2D eigenvalue weighted by Gasteiger charge is 2.56. The highest BCUT2D eigenvalue weighted by molar-refractivity contribution is 7.91. The molecule has 0 spiro atoms. The van der Waals surface area contributed by atoms with E-state index in [0.29, 0.717) is 31.7 Å². The molecule has 7 nitrogen and oxygen atoms in total. The third kappa shape index (κ3) is 8.13. The van der Waals surface area contributed by atoms with Crippen LogP contribution in [0.25, 0.3) is 11.3 Å². The number of hydrogen-bond acceptors (Lipinski definition) is 5. The summed E-state index contributed by atoms with van der Waals surface area (Å²) in [4.78, 5) is 13.0. The second-order valence-corrected chi connectivity index (χ2v) is 12.7. The van der Waals surface area contributed by atoms with Crippen LogP contribution in [0.4, 0.5) is 35.1 Å². The molecule has 1 heterocycles. The number of carbonyl (C=O) groups is 1. The molecule has 1 aliphatic rings. The molecular weight excluding hydrogens is 602 g/mol. The quantitative estimate of drug-likeness (QED) is 0.320. The van der Waals surface area contributed by atoms with Crippen molar-refractivity contribution in [2.24, 2.45) is 11.8 Å². The van der Waals surface area contributed by atoms with E-state index >= 15 is 0 Å². The maximum Gasteiger partial charge on any atom is 0.400 e. The number of hydrogen-bond donors (Lipinski definition) is 1. The molecule has 1 saturated carbocycles. The molecule has 1 aliphatic carbocycles. The number of aromatic nitrogens is 2. The molecule has 1 N–H and O–H groups in total. The second kappa shape index (κ2) is 12.8. The number of sulfone groups is 1. The van der Waals surface area contributed by atoms with Gasteiger partial charge in [0.05, 0.1) is 10.9 Å². The van der Waals surface area contributed by atoms with Crippen molar-refractivity contribution in [1.82, 2.24) is 15.1 Å². The Kier molecular flexibility index (Phi) is 10.2. The summed E-state index contributed by atoms with van der Waals surface area (Å²) < 4.78 is 134. The van der Waals surface area contributed by atoms with Crippen LogP contribution in [0.3, 0.4) is 0 Å². The molecule has 2 aromatic rings. The summed E-state index contributed by atoms with van der Waals surface area (Å²) in [6, 6.07) is 2.72. The Hall–Kier alpha value is -2.91. The summed E-state index contributed by atoms with van der Waals surface area (Å²) in [5.74, 6) is -4.93. The Bertz CT molecular complexity index is 1350. The van der Waals surface area contributed by atoms with E-state index in [1.165, 1.54) is 17.9 Å². The zero-order chi connectivity index (χ0) is 31.6. The molecular formula is C26H31F8N3O4S. The predicted octanol–water partition coefficient (Wildman–Crippen LogP) is 6.10. The van der Waals surface area contributed by atoms with Gasteiger partial charge in [0.15, 0.2) is 11.6 Å². The molecule has 0 atom stereocenters. The fourth-order valence-electron chi connectivity index (χ4n) is 5.16. The number of nitrogens with zero attached hydrogens (tertiary/aromatic N) is 2. The number of nitrogens with one attached hydrogen (secondary N) is 1. The van der Waals surface area contributed by atoms with Crippen LogP contribution < -0.4 is 10.1 Å². The van der Waals surface area contributed by atoms with Crippen LogP contribution in [0.1, 0.15) is 54.2 Å². The molecule has 3 rings (SSSR count). The molecule has 1 amide bonds. The summed E-state index contributed by atoms with van der Waals surface area (Å²) in [6.07, 6.45) is -9.45. The maximum absolute atomic E-state index is 13.3. The third-order valence-corrected chi connectivity index (χ3v) is 9.08. The van der Waals surface area contributed by atoms with Gasteiger partial charge in [-0.3, -0.25) is 9.48 Å². The van der Waals surface area contributed by atoms with Crippen molar-refractivity contribution in [2.75, 3.05) is 12.8 Å². The van der Waals surface area contributed by atoms with Gasteiger partial charge in [-0.25, -0.2) is 8.42 Å². The molecule has 42 heavy (non-hydrogen) atoms. The van der Waals surface area contributed by atoms with E-state index in [1.54, 1.807) is 6.92 Å². The zero-order valence-electron chi connectivity index (χ0n) is 23.0. The Morgan fingerprint density at radius 2 is 1.69 bits per heavy atom. The molecule has 0 unspecified atom stereocenters. The van der Waals surface area contributed by atoms with Crippen molar-refractivity contribution in [3.8, 4) is 17.0 Å². The Balaban J connectivity index is 1.88. The van der Waals surface area contributed by atoms with Crippen LogP contribution in [0.2, 0.25) is 0 Å². The fraction of sp³-hybridized carbons (Fsp3) is 0.615. The normalized spacial score (nSPS) is 18.5. The minimum Gasteiger partial charge on any atom is -0.434 e. The van der Waals surface area contributed by atoms with Crippen molar-refractivity contribution in [3.63, 3.8) is 0 Å². The van der Waals surface area contributed by atoms with Crippen molar-refractivity contribution < 1.29 is 53.1 Å². The average Bonchev–Trinajstić information content (AvgIpc) is 3.20. The van der Waals surface area contributed by atoms with Gasteiger partial charge in [0.1, 0.15) is 15.6 Å². The zero-order valence-corrected chi connectivity index (χ0v) is 23.8. The van der Waals surface area contributed by atoms with Gasteiger partial charge in [0.2, 0.25) is 0 Å². The molecule has 0 aliphatic heterocycles. The minimum absolute atomic E-state index is 0.0378. The summed E-state index contributed by atoms with van der Waals surface area (Å²) in [5.41, 5.74) is -0.331.